The third kappa shape index (κ3) is 3.53. The molecule has 1 aromatic carbocycles. The van der Waals surface area contributed by atoms with Crippen molar-refractivity contribution in [3.63, 3.8) is 0 Å². The third-order valence-corrected chi connectivity index (χ3v) is 3.14. The monoisotopic (exact) mass is 263 g/mol. The Hall–Kier alpha value is -1.91. The second-order valence-corrected chi connectivity index (χ2v) is 4.98. The van der Waals surface area contributed by atoms with Crippen molar-refractivity contribution in [2.75, 3.05) is 24.2 Å². The molecule has 1 amide bonds. The number of benzene rings is 1. The van der Waals surface area contributed by atoms with E-state index < -0.39 is 5.91 Å². The molecule has 1 fully saturated rings. The lowest BCUT2D eigenvalue weighted by atomic mass is 10.1. The Morgan fingerprint density at radius 1 is 1.47 bits per heavy atom. The molecule has 2 rings (SSSR count). The number of nitrogens with two attached hydrogens (primary N) is 2. The van der Waals surface area contributed by atoms with Crippen molar-refractivity contribution < 1.29 is 9.53 Å². The van der Waals surface area contributed by atoms with Gasteiger partial charge in [0, 0.05) is 12.1 Å². The quantitative estimate of drug-likeness (QED) is 0.656. The average molecular weight is 263 g/mol. The summed E-state index contributed by atoms with van der Waals surface area (Å²) in [4.78, 5) is 11.3. The van der Waals surface area contributed by atoms with E-state index in [2.05, 4.69) is 12.2 Å². The van der Waals surface area contributed by atoms with Gasteiger partial charge in [-0.15, -0.1) is 0 Å². The van der Waals surface area contributed by atoms with Gasteiger partial charge in [0.1, 0.15) is 11.4 Å². The Bertz CT molecular complexity index is 470. The normalized spacial score (nSPS) is 14.2. The van der Waals surface area contributed by atoms with Crippen LogP contribution < -0.4 is 21.5 Å². The number of hydrogen-bond donors (Lipinski definition) is 3. The highest BCUT2D eigenvalue weighted by Gasteiger charge is 2.23. The molecule has 5 N–H and O–H groups in total. The second-order valence-electron chi connectivity index (χ2n) is 4.98. The Balaban J connectivity index is 2.23. The van der Waals surface area contributed by atoms with Gasteiger partial charge in [0.15, 0.2) is 0 Å². The van der Waals surface area contributed by atoms with Crippen molar-refractivity contribution in [1.82, 2.24) is 0 Å². The van der Waals surface area contributed by atoms with Gasteiger partial charge in [-0.25, -0.2) is 0 Å². The van der Waals surface area contributed by atoms with E-state index in [4.69, 9.17) is 16.2 Å². The molecule has 0 unspecified atom stereocenters. The summed E-state index contributed by atoms with van der Waals surface area (Å²) in [6.07, 6.45) is 3.41. The number of anilines is 2. The van der Waals surface area contributed by atoms with Crippen LogP contribution in [0.4, 0.5) is 11.4 Å². The molecular formula is C14H21N3O2. The summed E-state index contributed by atoms with van der Waals surface area (Å²) in [6.45, 7) is 3.55. The van der Waals surface area contributed by atoms with Crippen molar-refractivity contribution in [2.24, 2.45) is 11.7 Å². The van der Waals surface area contributed by atoms with Crippen molar-refractivity contribution in [3.05, 3.63) is 17.7 Å². The first kappa shape index (κ1) is 13.5. The average Bonchev–Trinajstić information content (AvgIpc) is 3.18. The predicted molar refractivity (Wildman–Crippen MR) is 76.4 cm³/mol. The number of ether oxygens (including phenoxy) is 1. The Morgan fingerprint density at radius 2 is 2.21 bits per heavy atom. The van der Waals surface area contributed by atoms with E-state index in [-0.39, 0.29) is 0 Å². The topological polar surface area (TPSA) is 90.4 Å². The lowest BCUT2D eigenvalue weighted by Gasteiger charge is -2.16. The van der Waals surface area contributed by atoms with Crippen molar-refractivity contribution in [3.8, 4) is 5.75 Å². The largest absolute Gasteiger partial charge is 0.491 e. The first-order valence-electron chi connectivity index (χ1n) is 6.71. The minimum atomic E-state index is -0.495. The van der Waals surface area contributed by atoms with E-state index in [0.29, 0.717) is 29.5 Å². The molecule has 19 heavy (non-hydrogen) atoms. The molecule has 1 saturated carbocycles. The smallest absolute Gasteiger partial charge is 0.248 e. The number of nitrogen functional groups attached to an aromatic ring is 1. The highest BCUT2D eigenvalue weighted by molar-refractivity contribution is 5.96. The van der Waals surface area contributed by atoms with Crippen LogP contribution in [-0.2, 0) is 0 Å². The number of nitrogens with one attached hydrogen (secondary N) is 1. The molecule has 0 bridgehead atoms. The molecule has 1 aliphatic carbocycles. The minimum absolute atomic E-state index is 0.380. The fourth-order valence-corrected chi connectivity index (χ4v) is 1.82. The highest BCUT2D eigenvalue weighted by Crippen LogP contribution is 2.35. The van der Waals surface area contributed by atoms with Gasteiger partial charge < -0.3 is 21.5 Å². The Labute approximate surface area is 113 Å². The molecule has 0 heterocycles. The summed E-state index contributed by atoms with van der Waals surface area (Å²) in [6, 6.07) is 3.25. The van der Waals surface area contributed by atoms with Crippen LogP contribution in [0, 0.1) is 5.92 Å². The SMILES string of the molecule is CCCNc1c(N)cc(C(N)=O)cc1OCC1CC1. The van der Waals surface area contributed by atoms with E-state index >= 15 is 0 Å². The van der Waals surface area contributed by atoms with E-state index in [9.17, 15) is 4.79 Å². The zero-order chi connectivity index (χ0) is 13.8. The molecule has 104 valence electrons. The highest BCUT2D eigenvalue weighted by atomic mass is 16.5. The van der Waals surface area contributed by atoms with Crippen LogP contribution in [0.2, 0.25) is 0 Å². The van der Waals surface area contributed by atoms with E-state index in [1.807, 2.05) is 0 Å². The first-order chi connectivity index (χ1) is 9.11. The third-order valence-electron chi connectivity index (χ3n) is 3.14. The lowest BCUT2D eigenvalue weighted by Crippen LogP contribution is -2.14. The van der Waals surface area contributed by atoms with E-state index in [1.165, 1.54) is 12.8 Å². The summed E-state index contributed by atoms with van der Waals surface area (Å²) < 4.78 is 5.78. The number of hydrogen-bond acceptors (Lipinski definition) is 4. The summed E-state index contributed by atoms with van der Waals surface area (Å²) in [5.41, 5.74) is 12.9. The van der Waals surface area contributed by atoms with Crippen LogP contribution in [0.25, 0.3) is 0 Å². The summed E-state index contributed by atoms with van der Waals surface area (Å²) >= 11 is 0. The molecule has 0 saturated heterocycles. The number of carbonyl (C=O) groups is 1. The van der Waals surface area contributed by atoms with E-state index in [1.54, 1.807) is 12.1 Å². The Morgan fingerprint density at radius 3 is 2.79 bits per heavy atom. The van der Waals surface area contributed by atoms with Gasteiger partial charge in [-0.1, -0.05) is 6.92 Å². The van der Waals surface area contributed by atoms with Gasteiger partial charge in [0.2, 0.25) is 5.91 Å². The van der Waals surface area contributed by atoms with E-state index in [0.717, 1.165) is 18.7 Å². The maximum atomic E-state index is 11.3. The molecule has 5 heteroatoms. The maximum Gasteiger partial charge on any atom is 0.248 e. The molecule has 1 aromatic rings. The number of carbonyl (C=O) groups excluding carboxylic acids is 1. The van der Waals surface area contributed by atoms with Crippen LogP contribution in [-0.4, -0.2) is 19.1 Å². The molecule has 0 aliphatic heterocycles. The standard InChI is InChI=1S/C14H21N3O2/c1-2-5-17-13-11(15)6-10(14(16)18)7-12(13)19-8-9-3-4-9/h6-7,9,17H,2-5,8,15H2,1H3,(H2,16,18). The van der Waals surface area contributed by atoms with Gasteiger partial charge in [0.25, 0.3) is 0 Å². The maximum absolute atomic E-state index is 11.3. The first-order valence-corrected chi connectivity index (χ1v) is 6.71. The van der Waals surface area contributed by atoms with Gasteiger partial charge in [-0.2, -0.15) is 0 Å². The molecule has 0 radical (unpaired) electrons. The molecule has 0 aromatic heterocycles. The van der Waals surface area contributed by atoms with Crippen molar-refractivity contribution >= 4 is 17.3 Å². The minimum Gasteiger partial charge on any atom is -0.491 e. The molecule has 1 aliphatic rings. The molecule has 0 spiro atoms. The van der Waals surface area contributed by atoms with Gasteiger partial charge in [0.05, 0.1) is 12.3 Å². The zero-order valence-electron chi connectivity index (χ0n) is 11.2. The van der Waals surface area contributed by atoms with Crippen LogP contribution >= 0.6 is 0 Å². The van der Waals surface area contributed by atoms with Crippen molar-refractivity contribution in [1.29, 1.82) is 0 Å². The summed E-state index contributed by atoms with van der Waals surface area (Å²) in [7, 11) is 0. The van der Waals surface area contributed by atoms with Gasteiger partial charge >= 0.3 is 0 Å². The van der Waals surface area contributed by atoms with Crippen LogP contribution in [0.5, 0.6) is 5.75 Å². The Kier molecular flexibility index (Phi) is 4.14. The zero-order valence-corrected chi connectivity index (χ0v) is 11.2. The van der Waals surface area contributed by atoms with Gasteiger partial charge in [-0.05, 0) is 37.3 Å². The van der Waals surface area contributed by atoms with Gasteiger partial charge in [-0.3, -0.25) is 4.79 Å². The second kappa shape index (κ2) is 5.82. The van der Waals surface area contributed by atoms with Crippen LogP contribution in [0.3, 0.4) is 0 Å². The lowest BCUT2D eigenvalue weighted by molar-refractivity contribution is 0.1000. The molecule has 5 nitrogen and oxygen atoms in total. The fourth-order valence-electron chi connectivity index (χ4n) is 1.82. The number of rotatable bonds is 7. The summed E-state index contributed by atoms with van der Waals surface area (Å²) in [5, 5.41) is 3.24. The summed E-state index contributed by atoms with van der Waals surface area (Å²) in [5.74, 6) is 0.761. The van der Waals surface area contributed by atoms with Crippen molar-refractivity contribution in [2.45, 2.75) is 26.2 Å². The molecule has 0 atom stereocenters. The molecular weight excluding hydrogens is 242 g/mol. The number of primary amides is 1. The van der Waals surface area contributed by atoms with Crippen LogP contribution in [0.1, 0.15) is 36.5 Å². The predicted octanol–water partition coefficient (Wildman–Crippen LogP) is 1.98. The fraction of sp³-hybridized carbons (Fsp3) is 0.500. The number of amides is 1. The van der Waals surface area contributed by atoms with Crippen LogP contribution in [0.15, 0.2) is 12.1 Å².